The lowest BCUT2D eigenvalue weighted by Crippen LogP contribution is -2.37. The highest BCUT2D eigenvalue weighted by molar-refractivity contribution is 6.30. The Bertz CT molecular complexity index is 398. The zero-order chi connectivity index (χ0) is 14.1. The minimum absolute atomic E-state index is 0.142. The van der Waals surface area contributed by atoms with E-state index in [0.717, 1.165) is 6.42 Å². The molecular formula is C14H20ClNO3. The summed E-state index contributed by atoms with van der Waals surface area (Å²) >= 11 is 5.85. The molecule has 1 aromatic rings. The van der Waals surface area contributed by atoms with Crippen LogP contribution in [0.15, 0.2) is 24.3 Å². The molecule has 0 aliphatic heterocycles. The van der Waals surface area contributed by atoms with Gasteiger partial charge in [0.05, 0.1) is 0 Å². The van der Waals surface area contributed by atoms with Crippen LogP contribution in [0.4, 0.5) is 0 Å². The minimum atomic E-state index is -0.550. The SMILES string of the molecule is CCOCCCNC(=O)[C@H](C)Oc1cccc(Cl)c1. The normalized spacial score (nSPS) is 11.9. The molecule has 1 aromatic carbocycles. The highest BCUT2D eigenvalue weighted by Crippen LogP contribution is 2.18. The van der Waals surface area contributed by atoms with Crippen LogP contribution in [-0.2, 0) is 9.53 Å². The van der Waals surface area contributed by atoms with Crippen molar-refractivity contribution in [1.82, 2.24) is 5.32 Å². The van der Waals surface area contributed by atoms with Gasteiger partial charge < -0.3 is 14.8 Å². The second-order valence-electron chi connectivity index (χ2n) is 4.06. The number of hydrogen-bond donors (Lipinski definition) is 1. The van der Waals surface area contributed by atoms with E-state index in [2.05, 4.69) is 5.32 Å². The molecule has 0 bridgehead atoms. The Morgan fingerprint density at radius 1 is 1.47 bits per heavy atom. The molecule has 0 aromatic heterocycles. The first-order valence-electron chi connectivity index (χ1n) is 6.41. The van der Waals surface area contributed by atoms with E-state index in [4.69, 9.17) is 21.1 Å². The Kier molecular flexibility index (Phi) is 7.30. The molecule has 1 atom stereocenters. The van der Waals surface area contributed by atoms with Gasteiger partial charge in [-0.2, -0.15) is 0 Å². The van der Waals surface area contributed by atoms with Crippen LogP contribution < -0.4 is 10.1 Å². The second-order valence-corrected chi connectivity index (χ2v) is 4.50. The number of hydrogen-bond acceptors (Lipinski definition) is 3. The fraction of sp³-hybridized carbons (Fsp3) is 0.500. The van der Waals surface area contributed by atoms with Gasteiger partial charge in [0.15, 0.2) is 6.10 Å². The molecule has 0 radical (unpaired) electrons. The zero-order valence-corrected chi connectivity index (χ0v) is 12.1. The van der Waals surface area contributed by atoms with Crippen LogP contribution in [0.25, 0.3) is 0 Å². The first-order valence-corrected chi connectivity index (χ1v) is 6.79. The fourth-order valence-corrected chi connectivity index (χ4v) is 1.65. The van der Waals surface area contributed by atoms with E-state index in [-0.39, 0.29) is 5.91 Å². The number of halogens is 1. The van der Waals surface area contributed by atoms with Crippen LogP contribution in [0.3, 0.4) is 0 Å². The summed E-state index contributed by atoms with van der Waals surface area (Å²) in [6, 6.07) is 6.99. The van der Waals surface area contributed by atoms with Gasteiger partial charge in [-0.25, -0.2) is 0 Å². The van der Waals surface area contributed by atoms with Crippen molar-refractivity contribution in [3.8, 4) is 5.75 Å². The van der Waals surface area contributed by atoms with Crippen molar-refractivity contribution in [2.75, 3.05) is 19.8 Å². The average molecular weight is 286 g/mol. The minimum Gasteiger partial charge on any atom is -0.481 e. The quantitative estimate of drug-likeness (QED) is 0.747. The van der Waals surface area contributed by atoms with E-state index in [0.29, 0.717) is 30.5 Å². The van der Waals surface area contributed by atoms with Crippen molar-refractivity contribution in [3.63, 3.8) is 0 Å². The standard InChI is InChI=1S/C14H20ClNO3/c1-3-18-9-5-8-16-14(17)11(2)19-13-7-4-6-12(15)10-13/h4,6-7,10-11H,3,5,8-9H2,1-2H3,(H,16,17)/t11-/m0/s1. The van der Waals surface area contributed by atoms with Crippen molar-refractivity contribution in [3.05, 3.63) is 29.3 Å². The summed E-state index contributed by atoms with van der Waals surface area (Å²) in [6.45, 7) is 5.59. The van der Waals surface area contributed by atoms with Crippen LogP contribution >= 0.6 is 11.6 Å². The maximum Gasteiger partial charge on any atom is 0.260 e. The van der Waals surface area contributed by atoms with Gasteiger partial charge >= 0.3 is 0 Å². The third kappa shape index (κ3) is 6.45. The smallest absolute Gasteiger partial charge is 0.260 e. The Labute approximate surface area is 119 Å². The van der Waals surface area contributed by atoms with E-state index in [1.807, 2.05) is 6.92 Å². The van der Waals surface area contributed by atoms with Crippen LogP contribution in [0.5, 0.6) is 5.75 Å². The molecule has 1 amide bonds. The Morgan fingerprint density at radius 2 is 2.26 bits per heavy atom. The number of amides is 1. The summed E-state index contributed by atoms with van der Waals surface area (Å²) in [4.78, 5) is 11.8. The number of ether oxygens (including phenoxy) is 2. The summed E-state index contributed by atoms with van der Waals surface area (Å²) in [5.41, 5.74) is 0. The summed E-state index contributed by atoms with van der Waals surface area (Å²) in [5.74, 6) is 0.445. The molecule has 19 heavy (non-hydrogen) atoms. The van der Waals surface area contributed by atoms with Gasteiger partial charge in [0, 0.05) is 24.8 Å². The number of benzene rings is 1. The molecule has 0 spiro atoms. The van der Waals surface area contributed by atoms with E-state index in [1.54, 1.807) is 31.2 Å². The second kappa shape index (κ2) is 8.77. The van der Waals surface area contributed by atoms with Crippen molar-refractivity contribution in [2.24, 2.45) is 0 Å². The Balaban J connectivity index is 2.28. The van der Waals surface area contributed by atoms with Crippen molar-refractivity contribution in [1.29, 1.82) is 0 Å². The summed E-state index contributed by atoms with van der Waals surface area (Å²) < 4.78 is 10.7. The monoisotopic (exact) mass is 285 g/mol. The predicted molar refractivity (Wildman–Crippen MR) is 75.7 cm³/mol. The molecule has 5 heteroatoms. The van der Waals surface area contributed by atoms with Crippen molar-refractivity contribution >= 4 is 17.5 Å². The molecule has 4 nitrogen and oxygen atoms in total. The van der Waals surface area contributed by atoms with Gasteiger partial charge in [-0.1, -0.05) is 17.7 Å². The highest BCUT2D eigenvalue weighted by Gasteiger charge is 2.13. The number of rotatable bonds is 8. The lowest BCUT2D eigenvalue weighted by atomic mass is 10.3. The van der Waals surface area contributed by atoms with Crippen LogP contribution in [0.2, 0.25) is 5.02 Å². The molecule has 0 fully saturated rings. The summed E-state index contributed by atoms with van der Waals surface area (Å²) in [5, 5.41) is 3.38. The molecule has 0 aliphatic rings. The van der Waals surface area contributed by atoms with E-state index in [9.17, 15) is 4.79 Å². The average Bonchev–Trinajstić information content (AvgIpc) is 2.38. The maximum atomic E-state index is 11.8. The number of nitrogens with one attached hydrogen (secondary N) is 1. The Morgan fingerprint density at radius 3 is 2.95 bits per heavy atom. The maximum absolute atomic E-state index is 11.8. The van der Waals surface area contributed by atoms with Gasteiger partial charge in [-0.15, -0.1) is 0 Å². The summed E-state index contributed by atoms with van der Waals surface area (Å²) in [6.07, 6.45) is 0.245. The van der Waals surface area contributed by atoms with Gasteiger partial charge in [-0.05, 0) is 38.5 Å². The lowest BCUT2D eigenvalue weighted by molar-refractivity contribution is -0.127. The largest absolute Gasteiger partial charge is 0.481 e. The van der Waals surface area contributed by atoms with E-state index in [1.165, 1.54) is 0 Å². The van der Waals surface area contributed by atoms with Gasteiger partial charge in [-0.3, -0.25) is 4.79 Å². The number of carbonyl (C=O) groups is 1. The molecule has 0 unspecified atom stereocenters. The van der Waals surface area contributed by atoms with Gasteiger partial charge in [0.25, 0.3) is 5.91 Å². The van der Waals surface area contributed by atoms with Gasteiger partial charge in [0.1, 0.15) is 5.75 Å². The van der Waals surface area contributed by atoms with Crippen LogP contribution in [0, 0.1) is 0 Å². The van der Waals surface area contributed by atoms with Gasteiger partial charge in [0.2, 0.25) is 0 Å². The molecule has 1 N–H and O–H groups in total. The Hall–Kier alpha value is -1.26. The van der Waals surface area contributed by atoms with Crippen LogP contribution in [0.1, 0.15) is 20.3 Å². The number of carbonyl (C=O) groups excluding carboxylic acids is 1. The molecule has 106 valence electrons. The molecule has 0 saturated heterocycles. The lowest BCUT2D eigenvalue weighted by Gasteiger charge is -2.14. The molecule has 0 aliphatic carbocycles. The summed E-state index contributed by atoms with van der Waals surface area (Å²) in [7, 11) is 0. The third-order valence-corrected chi connectivity index (χ3v) is 2.68. The fourth-order valence-electron chi connectivity index (χ4n) is 1.47. The predicted octanol–water partition coefficient (Wildman–Crippen LogP) is 2.65. The van der Waals surface area contributed by atoms with E-state index >= 15 is 0 Å². The topological polar surface area (TPSA) is 47.6 Å². The first-order chi connectivity index (χ1) is 9.13. The molecule has 0 heterocycles. The van der Waals surface area contributed by atoms with E-state index < -0.39 is 6.10 Å². The zero-order valence-electron chi connectivity index (χ0n) is 11.3. The first kappa shape index (κ1) is 15.8. The molecule has 0 saturated carbocycles. The van der Waals surface area contributed by atoms with Crippen molar-refractivity contribution < 1.29 is 14.3 Å². The molecular weight excluding hydrogens is 266 g/mol. The van der Waals surface area contributed by atoms with Crippen molar-refractivity contribution in [2.45, 2.75) is 26.4 Å². The molecule has 1 rings (SSSR count). The third-order valence-electron chi connectivity index (χ3n) is 2.45. The van der Waals surface area contributed by atoms with Crippen LogP contribution in [-0.4, -0.2) is 31.8 Å². The highest BCUT2D eigenvalue weighted by atomic mass is 35.5.